The van der Waals surface area contributed by atoms with Crippen LogP contribution in [-0.2, 0) is 4.79 Å². The molecule has 4 heteroatoms. The summed E-state index contributed by atoms with van der Waals surface area (Å²) in [6.45, 7) is 0. The van der Waals surface area contributed by atoms with Crippen LogP contribution in [0, 0.1) is 0 Å². The Bertz CT molecular complexity index is 205. The number of hydrogen-bond acceptors (Lipinski definition) is 3. The smallest absolute Gasteiger partial charge is 0.274 e. The molecule has 0 fully saturated rings. The van der Waals surface area contributed by atoms with E-state index in [9.17, 15) is 4.79 Å². The largest absolute Gasteiger partial charge is 0.383 e. The molecule has 1 rings (SSSR count). The second-order valence-electron chi connectivity index (χ2n) is 2.25. The van der Waals surface area contributed by atoms with Crippen LogP contribution in [0.5, 0.6) is 0 Å². The van der Waals surface area contributed by atoms with Gasteiger partial charge in [0.25, 0.3) is 5.91 Å². The maximum absolute atomic E-state index is 10.8. The number of rotatable bonds is 1. The molecule has 0 aliphatic carbocycles. The average molecular weight is 139 g/mol. The maximum atomic E-state index is 10.8. The van der Waals surface area contributed by atoms with E-state index in [4.69, 9.17) is 0 Å². The molecule has 0 atom stereocenters. The van der Waals surface area contributed by atoms with Crippen LogP contribution in [0.2, 0.25) is 0 Å². The van der Waals surface area contributed by atoms with Gasteiger partial charge in [-0.2, -0.15) is 5.10 Å². The summed E-state index contributed by atoms with van der Waals surface area (Å²) in [6, 6.07) is 0. The van der Waals surface area contributed by atoms with E-state index in [1.54, 1.807) is 11.1 Å². The lowest BCUT2D eigenvalue weighted by molar-refractivity contribution is -0.116. The lowest BCUT2D eigenvalue weighted by atomic mass is 10.3. The van der Waals surface area contributed by atoms with Gasteiger partial charge >= 0.3 is 0 Å². The fourth-order valence-electron chi connectivity index (χ4n) is 0.654. The van der Waals surface area contributed by atoms with Gasteiger partial charge in [0, 0.05) is 20.3 Å². The molecule has 1 amide bonds. The topological polar surface area (TPSA) is 44.7 Å². The Balaban J connectivity index is 2.72. The summed E-state index contributed by atoms with van der Waals surface area (Å²) in [5.41, 5.74) is 2.90. The van der Waals surface area contributed by atoms with Crippen molar-refractivity contribution in [1.82, 2.24) is 10.3 Å². The number of hydrogen-bond donors (Lipinski definition) is 1. The minimum atomic E-state index is -0.145. The van der Waals surface area contributed by atoms with Crippen LogP contribution in [0.4, 0.5) is 0 Å². The third-order valence-electron chi connectivity index (χ3n) is 1.03. The predicted molar refractivity (Wildman–Crippen MR) is 38.4 cm³/mol. The zero-order valence-electron chi connectivity index (χ0n) is 5.96. The van der Waals surface area contributed by atoms with Crippen molar-refractivity contribution in [3.05, 3.63) is 11.8 Å². The first kappa shape index (κ1) is 6.80. The number of amides is 1. The standard InChI is InChI=1S/C6H9N3O/c1-9(2)4-5-3-7-8-6(5)10/h3-4H,1-2H3,(H,8,10). The Labute approximate surface area is 59.2 Å². The van der Waals surface area contributed by atoms with E-state index >= 15 is 0 Å². The fourth-order valence-corrected chi connectivity index (χ4v) is 0.654. The van der Waals surface area contributed by atoms with Gasteiger partial charge in [0.15, 0.2) is 0 Å². The molecule has 0 aromatic rings. The van der Waals surface area contributed by atoms with Crippen LogP contribution in [0.25, 0.3) is 0 Å². The van der Waals surface area contributed by atoms with Gasteiger partial charge < -0.3 is 4.90 Å². The quantitative estimate of drug-likeness (QED) is 0.500. The third-order valence-corrected chi connectivity index (χ3v) is 1.03. The van der Waals surface area contributed by atoms with Crippen molar-refractivity contribution in [2.45, 2.75) is 0 Å². The Kier molecular flexibility index (Phi) is 1.71. The lowest BCUT2D eigenvalue weighted by Gasteiger charge is -2.03. The molecule has 0 unspecified atom stereocenters. The molecule has 0 saturated heterocycles. The van der Waals surface area contributed by atoms with E-state index in [0.29, 0.717) is 5.57 Å². The zero-order chi connectivity index (χ0) is 7.56. The van der Waals surface area contributed by atoms with E-state index < -0.39 is 0 Å². The van der Waals surface area contributed by atoms with Gasteiger partial charge in [0.2, 0.25) is 0 Å². The molecule has 1 aliphatic heterocycles. The van der Waals surface area contributed by atoms with E-state index in [1.807, 2.05) is 14.1 Å². The first-order valence-electron chi connectivity index (χ1n) is 2.92. The van der Waals surface area contributed by atoms with Crippen molar-refractivity contribution in [3.8, 4) is 0 Å². The number of nitrogens with zero attached hydrogens (tertiary/aromatic N) is 2. The van der Waals surface area contributed by atoms with Crippen molar-refractivity contribution in [3.63, 3.8) is 0 Å². The number of nitrogens with one attached hydrogen (secondary N) is 1. The Morgan fingerprint density at radius 1 is 1.70 bits per heavy atom. The molecule has 0 bridgehead atoms. The van der Waals surface area contributed by atoms with Gasteiger partial charge in [-0.1, -0.05) is 0 Å². The van der Waals surface area contributed by atoms with Crippen LogP contribution in [0.3, 0.4) is 0 Å². The number of carbonyl (C=O) groups is 1. The van der Waals surface area contributed by atoms with Crippen LogP contribution < -0.4 is 5.43 Å². The van der Waals surface area contributed by atoms with Crippen LogP contribution in [0.15, 0.2) is 16.9 Å². The predicted octanol–water partition coefficient (Wildman–Crippen LogP) is -0.453. The SMILES string of the molecule is CN(C)C=C1C=NNC1=O. The van der Waals surface area contributed by atoms with E-state index in [2.05, 4.69) is 10.5 Å². The lowest BCUT2D eigenvalue weighted by Crippen LogP contribution is -2.14. The zero-order valence-corrected chi connectivity index (χ0v) is 5.96. The highest BCUT2D eigenvalue weighted by atomic mass is 16.2. The molecule has 0 radical (unpaired) electrons. The van der Waals surface area contributed by atoms with E-state index in [1.165, 1.54) is 6.21 Å². The van der Waals surface area contributed by atoms with Gasteiger partial charge in [-0.25, -0.2) is 5.43 Å². The first-order chi connectivity index (χ1) is 4.70. The van der Waals surface area contributed by atoms with Gasteiger partial charge in [0.05, 0.1) is 11.8 Å². The van der Waals surface area contributed by atoms with Crippen molar-refractivity contribution in [2.75, 3.05) is 14.1 Å². The maximum Gasteiger partial charge on any atom is 0.274 e. The van der Waals surface area contributed by atoms with Gasteiger partial charge in [-0.05, 0) is 0 Å². The Hall–Kier alpha value is -1.32. The van der Waals surface area contributed by atoms with Crippen LogP contribution >= 0.6 is 0 Å². The van der Waals surface area contributed by atoms with E-state index in [0.717, 1.165) is 0 Å². The highest BCUT2D eigenvalue weighted by molar-refractivity contribution is 6.15. The molecule has 10 heavy (non-hydrogen) atoms. The second-order valence-corrected chi connectivity index (χ2v) is 2.25. The van der Waals surface area contributed by atoms with Crippen molar-refractivity contribution in [2.24, 2.45) is 5.10 Å². The van der Waals surface area contributed by atoms with Gasteiger partial charge in [-0.3, -0.25) is 4.79 Å². The van der Waals surface area contributed by atoms with Crippen molar-refractivity contribution < 1.29 is 4.79 Å². The Morgan fingerprint density at radius 3 is 2.80 bits per heavy atom. The number of hydrazone groups is 1. The van der Waals surface area contributed by atoms with Crippen LogP contribution in [0.1, 0.15) is 0 Å². The summed E-state index contributed by atoms with van der Waals surface area (Å²) in [5.74, 6) is -0.145. The van der Waals surface area contributed by atoms with Crippen LogP contribution in [-0.4, -0.2) is 31.1 Å². The minimum absolute atomic E-state index is 0.145. The van der Waals surface area contributed by atoms with Crippen molar-refractivity contribution >= 4 is 12.1 Å². The highest BCUT2D eigenvalue weighted by Gasteiger charge is 2.10. The molecule has 4 nitrogen and oxygen atoms in total. The normalized spacial score (nSPS) is 19.8. The van der Waals surface area contributed by atoms with Gasteiger partial charge in [-0.15, -0.1) is 0 Å². The number of carbonyl (C=O) groups excluding carboxylic acids is 1. The summed E-state index contributed by atoms with van der Waals surface area (Å²) in [7, 11) is 3.71. The molecule has 54 valence electrons. The minimum Gasteiger partial charge on any atom is -0.383 e. The monoisotopic (exact) mass is 139 g/mol. The molecule has 0 saturated carbocycles. The molecule has 1 N–H and O–H groups in total. The highest BCUT2D eigenvalue weighted by Crippen LogP contribution is 1.96. The summed E-state index contributed by atoms with van der Waals surface area (Å²) >= 11 is 0. The molecule has 0 aromatic heterocycles. The van der Waals surface area contributed by atoms with E-state index in [-0.39, 0.29) is 5.91 Å². The summed E-state index contributed by atoms with van der Waals surface area (Å²) in [5, 5.41) is 3.58. The summed E-state index contributed by atoms with van der Waals surface area (Å²) < 4.78 is 0. The van der Waals surface area contributed by atoms with Crippen molar-refractivity contribution in [1.29, 1.82) is 0 Å². The third kappa shape index (κ3) is 1.34. The Morgan fingerprint density at radius 2 is 2.40 bits per heavy atom. The van der Waals surface area contributed by atoms with Gasteiger partial charge in [0.1, 0.15) is 0 Å². The molecule has 1 heterocycles. The molecular formula is C6H9N3O. The molecule has 1 aliphatic rings. The summed E-state index contributed by atoms with van der Waals surface area (Å²) in [6.07, 6.45) is 3.22. The average Bonchev–Trinajstić information content (AvgIpc) is 2.15. The second kappa shape index (κ2) is 2.51. The molecule has 0 spiro atoms. The molecule has 0 aromatic carbocycles. The molecular weight excluding hydrogens is 130 g/mol. The fraction of sp³-hybridized carbons (Fsp3) is 0.333. The summed E-state index contributed by atoms with van der Waals surface area (Å²) in [4.78, 5) is 12.6. The first-order valence-corrected chi connectivity index (χ1v) is 2.92.